The summed E-state index contributed by atoms with van der Waals surface area (Å²) in [5.74, 6) is 0.924. The number of fused-ring (bicyclic) bond motifs is 3. The summed E-state index contributed by atoms with van der Waals surface area (Å²) in [6.07, 6.45) is 8.46. The normalized spacial score (nSPS) is 22.9. The molecule has 2 aromatic carbocycles. The molecule has 0 saturated carbocycles. The van der Waals surface area contributed by atoms with E-state index < -0.39 is 0 Å². The van der Waals surface area contributed by atoms with Gasteiger partial charge in [-0.25, -0.2) is 9.97 Å². The van der Waals surface area contributed by atoms with Crippen molar-refractivity contribution in [3.05, 3.63) is 54.7 Å². The first-order chi connectivity index (χ1) is 11.9. The van der Waals surface area contributed by atoms with Crippen LogP contribution < -0.4 is 4.90 Å². The molecule has 3 heteroatoms. The van der Waals surface area contributed by atoms with Gasteiger partial charge < -0.3 is 4.90 Å². The summed E-state index contributed by atoms with van der Waals surface area (Å²) in [6, 6.07) is 18.4. The van der Waals surface area contributed by atoms with Crippen LogP contribution in [0.25, 0.3) is 22.0 Å². The van der Waals surface area contributed by atoms with Crippen molar-refractivity contribution < 1.29 is 0 Å². The van der Waals surface area contributed by atoms with Crippen LogP contribution in [-0.4, -0.2) is 22.1 Å². The Kier molecular flexibility index (Phi) is 3.25. The highest BCUT2D eigenvalue weighted by molar-refractivity contribution is 5.86. The lowest BCUT2D eigenvalue weighted by Crippen LogP contribution is -2.40. The Morgan fingerprint density at radius 3 is 2.46 bits per heavy atom. The van der Waals surface area contributed by atoms with Crippen LogP contribution in [0.1, 0.15) is 32.1 Å². The maximum absolute atomic E-state index is 4.93. The minimum atomic E-state index is 0.649. The highest BCUT2D eigenvalue weighted by Crippen LogP contribution is 2.38. The van der Waals surface area contributed by atoms with E-state index in [4.69, 9.17) is 4.98 Å². The predicted molar refractivity (Wildman–Crippen MR) is 98.1 cm³/mol. The topological polar surface area (TPSA) is 29.0 Å². The summed E-state index contributed by atoms with van der Waals surface area (Å²) in [5, 5.41) is 2.53. The molecule has 2 bridgehead atoms. The summed E-state index contributed by atoms with van der Waals surface area (Å²) < 4.78 is 0. The minimum absolute atomic E-state index is 0.649. The lowest BCUT2D eigenvalue weighted by atomic mass is 10.0. The Bertz CT molecular complexity index is 873. The third-order valence-electron chi connectivity index (χ3n) is 5.61. The molecule has 1 aromatic heterocycles. The molecule has 5 rings (SSSR count). The Morgan fingerprint density at radius 2 is 1.62 bits per heavy atom. The number of benzene rings is 2. The van der Waals surface area contributed by atoms with Gasteiger partial charge in [0.15, 0.2) is 0 Å². The second-order valence-corrected chi connectivity index (χ2v) is 7.03. The maximum atomic E-state index is 4.93. The van der Waals surface area contributed by atoms with Gasteiger partial charge in [0.1, 0.15) is 0 Å². The number of nitrogens with zero attached hydrogens (tertiary/aromatic N) is 3. The van der Waals surface area contributed by atoms with Crippen LogP contribution >= 0.6 is 0 Å². The zero-order valence-corrected chi connectivity index (χ0v) is 13.7. The number of hydrogen-bond acceptors (Lipinski definition) is 3. The van der Waals surface area contributed by atoms with Crippen molar-refractivity contribution in [3.63, 3.8) is 0 Å². The SMILES string of the molecule is c1ccc2cc(-c3ccnc(N4[C@@H]5CCC[C@H]4CC5)n3)ccc2c1. The van der Waals surface area contributed by atoms with Crippen molar-refractivity contribution in [2.45, 2.75) is 44.2 Å². The fourth-order valence-corrected chi connectivity index (χ4v) is 4.43. The van der Waals surface area contributed by atoms with Gasteiger partial charge in [-0.2, -0.15) is 0 Å². The number of piperidine rings is 1. The van der Waals surface area contributed by atoms with Gasteiger partial charge in [0.05, 0.1) is 5.69 Å². The van der Waals surface area contributed by atoms with Gasteiger partial charge in [-0.05, 0) is 55.0 Å². The summed E-state index contributed by atoms with van der Waals surface area (Å²) in [5.41, 5.74) is 2.19. The second kappa shape index (κ2) is 5.59. The first-order valence-electron chi connectivity index (χ1n) is 8.99. The summed E-state index contributed by atoms with van der Waals surface area (Å²) in [6.45, 7) is 0. The lowest BCUT2D eigenvalue weighted by Gasteiger charge is -2.34. The van der Waals surface area contributed by atoms with Crippen LogP contribution in [0.5, 0.6) is 0 Å². The van der Waals surface area contributed by atoms with Gasteiger partial charge in [-0.15, -0.1) is 0 Å². The number of hydrogen-bond donors (Lipinski definition) is 0. The van der Waals surface area contributed by atoms with Crippen molar-refractivity contribution in [3.8, 4) is 11.3 Å². The zero-order chi connectivity index (χ0) is 15.9. The van der Waals surface area contributed by atoms with E-state index >= 15 is 0 Å². The number of anilines is 1. The van der Waals surface area contributed by atoms with Gasteiger partial charge >= 0.3 is 0 Å². The van der Waals surface area contributed by atoms with E-state index in [0.29, 0.717) is 12.1 Å². The van der Waals surface area contributed by atoms with E-state index in [2.05, 4.69) is 52.3 Å². The molecule has 0 radical (unpaired) electrons. The van der Waals surface area contributed by atoms with Crippen molar-refractivity contribution in [1.82, 2.24) is 9.97 Å². The molecule has 2 aliphatic heterocycles. The average Bonchev–Trinajstić information content (AvgIpc) is 2.90. The standard InChI is InChI=1S/C21H21N3/c1-2-5-16-14-17(9-8-15(16)4-1)20-12-13-22-21(23-20)24-18-6-3-7-19(24)11-10-18/h1-2,4-5,8-9,12-14,18-19H,3,6-7,10-11H2/t18-,19+. The molecule has 0 spiro atoms. The Hall–Kier alpha value is -2.42. The highest BCUT2D eigenvalue weighted by atomic mass is 15.3. The molecular formula is C21H21N3. The third-order valence-corrected chi connectivity index (χ3v) is 5.61. The number of rotatable bonds is 2. The van der Waals surface area contributed by atoms with Crippen LogP contribution in [0.4, 0.5) is 5.95 Å². The monoisotopic (exact) mass is 315 g/mol. The highest BCUT2D eigenvalue weighted by Gasteiger charge is 2.37. The van der Waals surface area contributed by atoms with E-state index in [1.807, 2.05) is 12.3 Å². The first-order valence-corrected chi connectivity index (χ1v) is 8.99. The Morgan fingerprint density at radius 1 is 0.833 bits per heavy atom. The summed E-state index contributed by atoms with van der Waals surface area (Å²) in [7, 11) is 0. The molecule has 2 fully saturated rings. The lowest BCUT2D eigenvalue weighted by molar-refractivity contribution is 0.460. The quantitative estimate of drug-likeness (QED) is 0.679. The smallest absolute Gasteiger partial charge is 0.226 e. The fraction of sp³-hybridized carbons (Fsp3) is 0.333. The van der Waals surface area contributed by atoms with E-state index in [1.54, 1.807) is 0 Å². The second-order valence-electron chi connectivity index (χ2n) is 7.03. The van der Waals surface area contributed by atoms with Gasteiger partial charge in [0, 0.05) is 23.8 Å². The van der Waals surface area contributed by atoms with Crippen LogP contribution in [0.2, 0.25) is 0 Å². The first kappa shape index (κ1) is 14.0. The van der Waals surface area contributed by atoms with E-state index in [1.165, 1.54) is 48.4 Å². The average molecular weight is 315 g/mol. The molecule has 0 unspecified atom stereocenters. The van der Waals surface area contributed by atoms with Gasteiger partial charge in [0.25, 0.3) is 0 Å². The van der Waals surface area contributed by atoms with E-state index in [-0.39, 0.29) is 0 Å². The molecule has 0 aliphatic carbocycles. The third kappa shape index (κ3) is 2.27. The number of aromatic nitrogens is 2. The molecule has 2 saturated heterocycles. The molecule has 0 N–H and O–H groups in total. The molecule has 2 aliphatic rings. The van der Waals surface area contributed by atoms with Gasteiger partial charge in [-0.3, -0.25) is 0 Å². The van der Waals surface area contributed by atoms with Gasteiger partial charge in [-0.1, -0.05) is 36.4 Å². The molecular weight excluding hydrogens is 294 g/mol. The van der Waals surface area contributed by atoms with Crippen LogP contribution in [0.15, 0.2) is 54.7 Å². The largest absolute Gasteiger partial charge is 0.335 e. The molecule has 0 amide bonds. The van der Waals surface area contributed by atoms with Crippen molar-refractivity contribution in [2.24, 2.45) is 0 Å². The van der Waals surface area contributed by atoms with Crippen molar-refractivity contribution in [2.75, 3.05) is 4.90 Å². The van der Waals surface area contributed by atoms with Crippen LogP contribution in [0.3, 0.4) is 0 Å². The molecule has 3 heterocycles. The minimum Gasteiger partial charge on any atom is -0.335 e. The Balaban J connectivity index is 1.54. The fourth-order valence-electron chi connectivity index (χ4n) is 4.43. The summed E-state index contributed by atoms with van der Waals surface area (Å²) in [4.78, 5) is 12.0. The molecule has 24 heavy (non-hydrogen) atoms. The maximum Gasteiger partial charge on any atom is 0.226 e. The molecule has 3 nitrogen and oxygen atoms in total. The molecule has 2 atom stereocenters. The summed E-state index contributed by atoms with van der Waals surface area (Å²) >= 11 is 0. The van der Waals surface area contributed by atoms with Crippen LogP contribution in [-0.2, 0) is 0 Å². The molecule has 3 aromatic rings. The van der Waals surface area contributed by atoms with E-state index in [0.717, 1.165) is 11.6 Å². The zero-order valence-electron chi connectivity index (χ0n) is 13.7. The molecule has 120 valence electrons. The van der Waals surface area contributed by atoms with E-state index in [9.17, 15) is 0 Å². The predicted octanol–water partition coefficient (Wildman–Crippen LogP) is 4.82. The van der Waals surface area contributed by atoms with Crippen molar-refractivity contribution in [1.29, 1.82) is 0 Å². The van der Waals surface area contributed by atoms with Gasteiger partial charge in [0.2, 0.25) is 5.95 Å². The van der Waals surface area contributed by atoms with Crippen LogP contribution in [0, 0.1) is 0 Å². The van der Waals surface area contributed by atoms with Crippen molar-refractivity contribution >= 4 is 16.7 Å². The Labute approximate surface area is 142 Å².